The summed E-state index contributed by atoms with van der Waals surface area (Å²) in [5, 5.41) is 0. The zero-order valence-corrected chi connectivity index (χ0v) is 12.6. The largest absolute Gasteiger partial charge is 0.295 e. The Morgan fingerprint density at radius 1 is 1.35 bits per heavy atom. The van der Waals surface area contributed by atoms with Crippen molar-refractivity contribution in [3.63, 3.8) is 0 Å². The van der Waals surface area contributed by atoms with E-state index < -0.39 is 8.07 Å². The third kappa shape index (κ3) is 5.88. The molecule has 0 aliphatic heterocycles. The topological polar surface area (TPSA) is 17.1 Å². The fraction of sp³-hybridized carbons (Fsp3) is 0.667. The highest BCUT2D eigenvalue weighted by molar-refractivity contribution is 6.76. The van der Waals surface area contributed by atoms with Gasteiger partial charge in [0.2, 0.25) is 0 Å². The average Bonchev–Trinajstić information content (AvgIpc) is 2.18. The third-order valence-corrected chi connectivity index (χ3v) is 4.37. The molecule has 0 N–H and O–H groups in total. The average molecular weight is 248 g/mol. The minimum absolute atomic E-state index is 0.295. The Morgan fingerprint density at radius 2 is 2.06 bits per heavy atom. The van der Waals surface area contributed by atoms with Gasteiger partial charge in [0.15, 0.2) is 5.78 Å². The fourth-order valence-corrected chi connectivity index (χ4v) is 2.68. The van der Waals surface area contributed by atoms with Gasteiger partial charge in [-0.3, -0.25) is 4.79 Å². The van der Waals surface area contributed by atoms with Crippen LogP contribution in [0.1, 0.15) is 32.6 Å². The van der Waals surface area contributed by atoms with Crippen LogP contribution < -0.4 is 0 Å². The summed E-state index contributed by atoms with van der Waals surface area (Å²) < 4.78 is 0. The summed E-state index contributed by atoms with van der Waals surface area (Å²) >= 11 is 0. The van der Waals surface area contributed by atoms with Crippen molar-refractivity contribution in [2.75, 3.05) is 0 Å². The second-order valence-electron chi connectivity index (χ2n) is 6.22. The van der Waals surface area contributed by atoms with Gasteiger partial charge in [-0.1, -0.05) is 25.2 Å². The molecule has 0 aromatic heterocycles. The molecule has 0 heterocycles. The Bertz CT molecular complexity index is 363. The van der Waals surface area contributed by atoms with E-state index in [2.05, 4.69) is 38.4 Å². The fourth-order valence-electron chi connectivity index (χ4n) is 2.02. The quantitative estimate of drug-likeness (QED) is 0.544. The molecule has 0 bridgehead atoms. The van der Waals surface area contributed by atoms with Crippen LogP contribution in [0.3, 0.4) is 0 Å². The SMILES string of the molecule is CC1=CC(=O)CCC1CCC#CC[Si](C)(C)C. The lowest BCUT2D eigenvalue weighted by Crippen LogP contribution is -2.17. The van der Waals surface area contributed by atoms with Gasteiger partial charge in [-0.25, -0.2) is 0 Å². The number of allylic oxidation sites excluding steroid dienone is 2. The number of hydrogen-bond donors (Lipinski definition) is 0. The van der Waals surface area contributed by atoms with Crippen LogP contribution in [0.15, 0.2) is 11.6 Å². The minimum Gasteiger partial charge on any atom is -0.295 e. The van der Waals surface area contributed by atoms with Crippen molar-refractivity contribution in [2.45, 2.75) is 58.3 Å². The molecule has 0 aromatic rings. The van der Waals surface area contributed by atoms with E-state index in [1.165, 1.54) is 5.57 Å². The molecule has 0 saturated heterocycles. The molecule has 94 valence electrons. The van der Waals surface area contributed by atoms with Crippen molar-refractivity contribution >= 4 is 13.9 Å². The van der Waals surface area contributed by atoms with Gasteiger partial charge in [-0.05, 0) is 31.8 Å². The van der Waals surface area contributed by atoms with E-state index >= 15 is 0 Å². The van der Waals surface area contributed by atoms with Crippen molar-refractivity contribution in [1.82, 2.24) is 0 Å². The van der Waals surface area contributed by atoms with E-state index in [4.69, 9.17) is 0 Å². The number of carbonyl (C=O) groups excluding carboxylic acids is 1. The normalized spacial score (nSPS) is 20.6. The van der Waals surface area contributed by atoms with Gasteiger partial charge in [0.05, 0.1) is 8.07 Å². The first kappa shape index (κ1) is 14.2. The summed E-state index contributed by atoms with van der Waals surface area (Å²) in [7, 11) is -0.999. The van der Waals surface area contributed by atoms with Gasteiger partial charge >= 0.3 is 0 Å². The summed E-state index contributed by atoms with van der Waals surface area (Å²) in [5.41, 5.74) is 1.26. The standard InChI is InChI=1S/C15H24OSi/c1-13-12-15(16)10-9-14(13)8-6-5-7-11-17(2,3)4/h12,14H,6,8-11H2,1-4H3. The van der Waals surface area contributed by atoms with E-state index in [9.17, 15) is 4.79 Å². The smallest absolute Gasteiger partial charge is 0.155 e. The molecular weight excluding hydrogens is 224 g/mol. The Kier molecular flexibility index (Phi) is 5.20. The highest BCUT2D eigenvalue weighted by Crippen LogP contribution is 2.26. The van der Waals surface area contributed by atoms with Crippen LogP contribution in [-0.4, -0.2) is 13.9 Å². The number of hydrogen-bond acceptors (Lipinski definition) is 1. The van der Waals surface area contributed by atoms with Crippen LogP contribution in [0.25, 0.3) is 0 Å². The molecule has 0 amide bonds. The van der Waals surface area contributed by atoms with Crippen LogP contribution in [0.2, 0.25) is 25.7 Å². The van der Waals surface area contributed by atoms with Gasteiger partial charge in [-0.15, -0.1) is 11.8 Å². The summed E-state index contributed by atoms with van der Waals surface area (Å²) in [5.74, 6) is 7.49. The monoisotopic (exact) mass is 248 g/mol. The van der Waals surface area contributed by atoms with Crippen molar-refractivity contribution in [2.24, 2.45) is 5.92 Å². The summed E-state index contributed by atoms with van der Waals surface area (Å²) in [6.07, 6.45) is 5.67. The van der Waals surface area contributed by atoms with Crippen LogP contribution in [0, 0.1) is 17.8 Å². The molecular formula is C15H24OSi. The van der Waals surface area contributed by atoms with E-state index in [0.29, 0.717) is 11.7 Å². The first-order chi connectivity index (χ1) is 7.88. The maximum atomic E-state index is 11.2. The molecule has 1 aliphatic rings. The van der Waals surface area contributed by atoms with E-state index in [0.717, 1.165) is 31.7 Å². The number of rotatable bonds is 3. The summed E-state index contributed by atoms with van der Waals surface area (Å²) in [6, 6.07) is 1.10. The highest BCUT2D eigenvalue weighted by Gasteiger charge is 2.17. The Labute approximate surface area is 107 Å². The van der Waals surface area contributed by atoms with E-state index in [1.54, 1.807) is 0 Å². The van der Waals surface area contributed by atoms with Crippen molar-refractivity contribution in [3.8, 4) is 11.8 Å². The van der Waals surface area contributed by atoms with Crippen LogP contribution >= 0.6 is 0 Å². The van der Waals surface area contributed by atoms with Gasteiger partial charge in [0.25, 0.3) is 0 Å². The molecule has 1 rings (SSSR count). The van der Waals surface area contributed by atoms with Crippen LogP contribution in [0.4, 0.5) is 0 Å². The molecule has 0 fully saturated rings. The lowest BCUT2D eigenvalue weighted by atomic mass is 9.85. The molecule has 0 radical (unpaired) electrons. The molecule has 1 atom stereocenters. The maximum Gasteiger partial charge on any atom is 0.155 e. The highest BCUT2D eigenvalue weighted by atomic mass is 28.3. The van der Waals surface area contributed by atoms with Gasteiger partial charge < -0.3 is 0 Å². The summed E-state index contributed by atoms with van der Waals surface area (Å²) in [4.78, 5) is 11.2. The van der Waals surface area contributed by atoms with Gasteiger partial charge in [0, 0.05) is 18.9 Å². The Hall–Kier alpha value is -0.813. The summed E-state index contributed by atoms with van der Waals surface area (Å²) in [6.45, 7) is 9.13. The zero-order chi connectivity index (χ0) is 12.9. The molecule has 1 nitrogen and oxygen atoms in total. The lowest BCUT2D eigenvalue weighted by Gasteiger charge is -2.19. The first-order valence-corrected chi connectivity index (χ1v) is 10.3. The second-order valence-corrected chi connectivity index (χ2v) is 11.7. The third-order valence-electron chi connectivity index (χ3n) is 3.13. The maximum absolute atomic E-state index is 11.2. The molecule has 17 heavy (non-hydrogen) atoms. The zero-order valence-electron chi connectivity index (χ0n) is 11.6. The van der Waals surface area contributed by atoms with Crippen molar-refractivity contribution in [1.29, 1.82) is 0 Å². The molecule has 2 heteroatoms. The molecule has 1 aliphatic carbocycles. The van der Waals surface area contributed by atoms with Crippen molar-refractivity contribution in [3.05, 3.63) is 11.6 Å². The predicted octanol–water partition coefficient (Wildman–Crippen LogP) is 4.03. The van der Waals surface area contributed by atoms with E-state index in [1.807, 2.05) is 6.08 Å². The van der Waals surface area contributed by atoms with Crippen LogP contribution in [-0.2, 0) is 4.79 Å². The molecule has 0 spiro atoms. The second kappa shape index (κ2) is 6.21. The lowest BCUT2D eigenvalue weighted by molar-refractivity contribution is -0.115. The first-order valence-electron chi connectivity index (χ1n) is 6.55. The van der Waals surface area contributed by atoms with Crippen LogP contribution in [0.5, 0.6) is 0 Å². The minimum atomic E-state index is -0.999. The van der Waals surface area contributed by atoms with Gasteiger partial charge in [-0.2, -0.15) is 0 Å². The molecule has 0 saturated carbocycles. The predicted molar refractivity (Wildman–Crippen MR) is 76.7 cm³/mol. The van der Waals surface area contributed by atoms with Gasteiger partial charge in [0.1, 0.15) is 0 Å². The van der Waals surface area contributed by atoms with Crippen molar-refractivity contribution < 1.29 is 4.79 Å². The number of carbonyl (C=O) groups is 1. The number of ketones is 1. The molecule has 1 unspecified atom stereocenters. The Morgan fingerprint density at radius 3 is 2.65 bits per heavy atom. The van der Waals surface area contributed by atoms with E-state index in [-0.39, 0.29) is 0 Å². The Balaban J connectivity index is 2.32. The molecule has 0 aromatic carbocycles.